The summed E-state index contributed by atoms with van der Waals surface area (Å²) < 4.78 is 0. The van der Waals surface area contributed by atoms with Crippen molar-refractivity contribution in [3.05, 3.63) is 28.3 Å². The van der Waals surface area contributed by atoms with Gasteiger partial charge >= 0.3 is 0 Å². The molecule has 1 heterocycles. The quantitative estimate of drug-likeness (QED) is 0.623. The number of halogens is 1. The number of aliphatic imine (C=N–C) groups is 1. The van der Waals surface area contributed by atoms with E-state index in [1.54, 1.807) is 6.21 Å². The van der Waals surface area contributed by atoms with E-state index in [1.165, 1.54) is 0 Å². The molecule has 1 aromatic rings. The first-order chi connectivity index (χ1) is 6.18. The molecule has 0 radical (unpaired) electrons. The summed E-state index contributed by atoms with van der Waals surface area (Å²) in [4.78, 5) is 15.5. The summed E-state index contributed by atoms with van der Waals surface area (Å²) in [5.41, 5.74) is 2.25. The van der Waals surface area contributed by atoms with Gasteiger partial charge in [0.1, 0.15) is 0 Å². The molecule has 0 aromatic heterocycles. The first kappa shape index (κ1) is 8.45. The van der Waals surface area contributed by atoms with Gasteiger partial charge in [0, 0.05) is 18.2 Å². The lowest BCUT2D eigenvalue weighted by atomic mass is 10.0. The normalized spacial score (nSPS) is 14.5. The van der Waals surface area contributed by atoms with E-state index < -0.39 is 0 Å². The van der Waals surface area contributed by atoms with Gasteiger partial charge in [-0.3, -0.25) is 9.79 Å². The number of Topliss-reactive ketones (excluding diaryl/α,β-unsaturated/α-hetero) is 1. The number of hydrogen-bond donors (Lipinski definition) is 0. The number of hydrogen-bond acceptors (Lipinski definition) is 2. The Balaban J connectivity index is 2.71. The second-order valence-electron chi connectivity index (χ2n) is 3.08. The third-order valence-electron chi connectivity index (χ3n) is 2.01. The zero-order valence-electron chi connectivity index (χ0n) is 7.17. The maximum atomic E-state index is 11.4. The molecule has 1 aliphatic heterocycles. The van der Waals surface area contributed by atoms with Crippen molar-refractivity contribution >= 4 is 29.3 Å². The minimum Gasteiger partial charge on any atom is -0.294 e. The van der Waals surface area contributed by atoms with Crippen LogP contribution in [0.5, 0.6) is 0 Å². The number of benzene rings is 1. The predicted molar refractivity (Wildman–Crippen MR) is 53.3 cm³/mol. The molecule has 1 aliphatic rings. The topological polar surface area (TPSA) is 29.4 Å². The van der Waals surface area contributed by atoms with Crippen LogP contribution in [-0.4, -0.2) is 12.0 Å². The Morgan fingerprint density at radius 3 is 3.00 bits per heavy atom. The number of ketones is 1. The molecule has 0 saturated carbocycles. The zero-order valence-corrected chi connectivity index (χ0v) is 7.93. The minimum atomic E-state index is 0.0931. The maximum Gasteiger partial charge on any atom is 0.170 e. The van der Waals surface area contributed by atoms with Crippen LogP contribution in [0.3, 0.4) is 0 Å². The number of rotatable bonds is 0. The van der Waals surface area contributed by atoms with Crippen molar-refractivity contribution in [3.8, 4) is 0 Å². The fourth-order valence-corrected chi connectivity index (χ4v) is 1.73. The van der Waals surface area contributed by atoms with Crippen LogP contribution >= 0.6 is 11.6 Å². The summed E-state index contributed by atoms with van der Waals surface area (Å²) in [7, 11) is 0. The molecule has 0 unspecified atom stereocenters. The molecular weight excluding hydrogens is 186 g/mol. The Morgan fingerprint density at radius 2 is 2.23 bits per heavy atom. The number of carbonyl (C=O) groups excluding carboxylic acids is 1. The minimum absolute atomic E-state index is 0.0931. The second-order valence-corrected chi connectivity index (χ2v) is 3.49. The third kappa shape index (κ3) is 1.38. The van der Waals surface area contributed by atoms with E-state index >= 15 is 0 Å². The largest absolute Gasteiger partial charge is 0.294 e. The van der Waals surface area contributed by atoms with Crippen molar-refractivity contribution in [2.75, 3.05) is 0 Å². The van der Waals surface area contributed by atoms with E-state index in [2.05, 4.69) is 4.99 Å². The van der Waals surface area contributed by atoms with Crippen LogP contribution in [0.2, 0.25) is 5.02 Å². The van der Waals surface area contributed by atoms with Gasteiger partial charge in [-0.15, -0.1) is 0 Å². The monoisotopic (exact) mass is 193 g/mol. The van der Waals surface area contributed by atoms with Gasteiger partial charge in [-0.1, -0.05) is 11.6 Å². The predicted octanol–water partition coefficient (Wildman–Crippen LogP) is 2.94. The molecule has 0 amide bonds. The fourth-order valence-electron chi connectivity index (χ4n) is 1.41. The molecule has 66 valence electrons. The summed E-state index contributed by atoms with van der Waals surface area (Å²) in [6.07, 6.45) is 1.98. The van der Waals surface area contributed by atoms with E-state index in [1.807, 2.05) is 19.1 Å². The zero-order chi connectivity index (χ0) is 9.42. The standard InChI is InChI=1S/C10H8ClNO/c1-6-4-7-9(13)2-3-12-10(7)8(11)5-6/h3-5H,2H2,1H3. The highest BCUT2D eigenvalue weighted by Crippen LogP contribution is 2.33. The Morgan fingerprint density at radius 1 is 1.46 bits per heavy atom. The molecule has 13 heavy (non-hydrogen) atoms. The Kier molecular flexibility index (Phi) is 1.93. The van der Waals surface area contributed by atoms with Crippen LogP contribution < -0.4 is 0 Å². The van der Waals surface area contributed by atoms with E-state index in [-0.39, 0.29) is 5.78 Å². The SMILES string of the molecule is Cc1cc(Cl)c2c(c1)C(=O)CC=N2. The van der Waals surface area contributed by atoms with Crippen molar-refractivity contribution in [1.29, 1.82) is 0 Å². The van der Waals surface area contributed by atoms with Gasteiger partial charge in [0.05, 0.1) is 10.7 Å². The molecule has 0 saturated heterocycles. The van der Waals surface area contributed by atoms with Crippen LogP contribution in [0.1, 0.15) is 22.3 Å². The molecule has 2 rings (SSSR count). The first-order valence-corrected chi connectivity index (χ1v) is 4.42. The van der Waals surface area contributed by atoms with Crippen LogP contribution in [0.4, 0.5) is 5.69 Å². The van der Waals surface area contributed by atoms with E-state index in [4.69, 9.17) is 11.6 Å². The van der Waals surface area contributed by atoms with Crippen LogP contribution in [-0.2, 0) is 0 Å². The van der Waals surface area contributed by atoms with Gasteiger partial charge < -0.3 is 0 Å². The lowest BCUT2D eigenvalue weighted by Gasteiger charge is -2.10. The Labute approximate surface area is 81.2 Å². The van der Waals surface area contributed by atoms with Gasteiger partial charge in [0.25, 0.3) is 0 Å². The molecule has 0 aliphatic carbocycles. The number of nitrogens with zero attached hydrogens (tertiary/aromatic N) is 1. The fraction of sp³-hybridized carbons (Fsp3) is 0.200. The van der Waals surface area contributed by atoms with E-state index in [0.717, 1.165) is 5.56 Å². The van der Waals surface area contributed by atoms with Crippen LogP contribution in [0.25, 0.3) is 0 Å². The molecule has 0 fully saturated rings. The molecule has 0 spiro atoms. The second kappa shape index (κ2) is 2.96. The van der Waals surface area contributed by atoms with Crippen molar-refractivity contribution in [2.45, 2.75) is 13.3 Å². The highest BCUT2D eigenvalue weighted by atomic mass is 35.5. The van der Waals surface area contributed by atoms with Gasteiger partial charge in [-0.05, 0) is 24.6 Å². The molecular formula is C10H8ClNO. The summed E-state index contributed by atoms with van der Waals surface area (Å²) in [5, 5.41) is 0.555. The van der Waals surface area contributed by atoms with Gasteiger partial charge in [-0.2, -0.15) is 0 Å². The van der Waals surface area contributed by atoms with Crippen molar-refractivity contribution < 1.29 is 4.79 Å². The van der Waals surface area contributed by atoms with Crippen molar-refractivity contribution in [1.82, 2.24) is 0 Å². The summed E-state index contributed by atoms with van der Waals surface area (Å²) in [6, 6.07) is 3.65. The van der Waals surface area contributed by atoms with Gasteiger partial charge in [-0.25, -0.2) is 0 Å². The van der Waals surface area contributed by atoms with Gasteiger partial charge in [0.15, 0.2) is 5.78 Å². The molecule has 3 heteroatoms. The summed E-state index contributed by atoms with van der Waals surface area (Å²) in [5.74, 6) is 0.0931. The third-order valence-corrected chi connectivity index (χ3v) is 2.29. The van der Waals surface area contributed by atoms with Crippen molar-refractivity contribution in [3.63, 3.8) is 0 Å². The van der Waals surface area contributed by atoms with E-state index in [0.29, 0.717) is 22.7 Å². The van der Waals surface area contributed by atoms with Crippen LogP contribution in [0.15, 0.2) is 17.1 Å². The molecule has 0 atom stereocenters. The number of aryl methyl sites for hydroxylation is 1. The lowest BCUT2D eigenvalue weighted by Crippen LogP contribution is -2.05. The maximum absolute atomic E-state index is 11.4. The smallest absolute Gasteiger partial charge is 0.170 e. The average Bonchev–Trinajstić information content (AvgIpc) is 2.07. The Bertz CT molecular complexity index is 410. The van der Waals surface area contributed by atoms with Crippen LogP contribution in [0, 0.1) is 6.92 Å². The molecule has 2 nitrogen and oxygen atoms in total. The number of carbonyl (C=O) groups is 1. The Hall–Kier alpha value is -1.15. The summed E-state index contributed by atoms with van der Waals surface area (Å²) >= 11 is 5.95. The molecule has 0 N–H and O–H groups in total. The summed E-state index contributed by atoms with van der Waals surface area (Å²) in [6.45, 7) is 1.91. The highest BCUT2D eigenvalue weighted by molar-refractivity contribution is 6.34. The highest BCUT2D eigenvalue weighted by Gasteiger charge is 2.16. The van der Waals surface area contributed by atoms with E-state index in [9.17, 15) is 4.79 Å². The van der Waals surface area contributed by atoms with Gasteiger partial charge in [0.2, 0.25) is 0 Å². The number of fused-ring (bicyclic) bond motifs is 1. The molecule has 1 aromatic carbocycles. The average molecular weight is 194 g/mol. The first-order valence-electron chi connectivity index (χ1n) is 4.04. The van der Waals surface area contributed by atoms with Crippen molar-refractivity contribution in [2.24, 2.45) is 4.99 Å². The lowest BCUT2D eigenvalue weighted by molar-refractivity contribution is 0.100. The molecule has 0 bridgehead atoms.